The molecule has 1 aliphatic carbocycles. The largest absolute Gasteiger partial charge is 0.370 e. The first-order chi connectivity index (χ1) is 8.75. The smallest absolute Gasteiger partial charge is 0.309 e. The van der Waals surface area contributed by atoms with Gasteiger partial charge in [-0.3, -0.25) is 9.59 Å². The van der Waals surface area contributed by atoms with Crippen molar-refractivity contribution in [3.8, 4) is 0 Å². The summed E-state index contributed by atoms with van der Waals surface area (Å²) in [6.45, 7) is 5.32. The van der Waals surface area contributed by atoms with E-state index in [1.54, 1.807) is 0 Å². The minimum absolute atomic E-state index is 0.237. The molecule has 1 aliphatic heterocycles. The highest BCUT2D eigenvalue weighted by Crippen LogP contribution is 2.18. The maximum absolute atomic E-state index is 11.4. The van der Waals surface area contributed by atoms with E-state index in [0.29, 0.717) is 6.54 Å². The Morgan fingerprint density at radius 1 is 1.17 bits per heavy atom. The summed E-state index contributed by atoms with van der Waals surface area (Å²) in [4.78, 5) is 24.3. The number of hydrogen-bond donors (Lipinski definition) is 3. The molecule has 2 fully saturated rings. The number of morpholine rings is 1. The second-order valence-corrected chi connectivity index (χ2v) is 4.97. The molecule has 0 radical (unpaired) electrons. The summed E-state index contributed by atoms with van der Waals surface area (Å²) in [5.74, 6) is -0.991. The van der Waals surface area contributed by atoms with Crippen molar-refractivity contribution in [3.63, 3.8) is 0 Å². The Balaban J connectivity index is 1.51. The lowest BCUT2D eigenvalue weighted by atomic mass is 10.3. The van der Waals surface area contributed by atoms with E-state index in [0.717, 1.165) is 52.1 Å². The van der Waals surface area contributed by atoms with Crippen molar-refractivity contribution in [2.45, 2.75) is 25.3 Å². The van der Waals surface area contributed by atoms with E-state index in [4.69, 9.17) is 4.74 Å². The van der Waals surface area contributed by atoms with Crippen LogP contribution in [0.15, 0.2) is 0 Å². The molecule has 0 aromatic rings. The zero-order valence-electron chi connectivity index (χ0n) is 10.7. The third-order valence-electron chi connectivity index (χ3n) is 3.31. The molecule has 2 aliphatic rings. The van der Waals surface area contributed by atoms with Crippen molar-refractivity contribution in [2.75, 3.05) is 39.4 Å². The van der Waals surface area contributed by atoms with Gasteiger partial charge in [0, 0.05) is 19.0 Å². The standard InChI is InChI=1S/C12H21N3O3/c16-11(12(17)14-10-2-3-10)13-4-1-5-15-6-8-18-9-7-15/h10H,1-9H2,(H,13,16)(H,14,17)/p+1. The number of hydrogen-bond acceptors (Lipinski definition) is 3. The normalized spacial score (nSPS) is 20.4. The van der Waals surface area contributed by atoms with Gasteiger partial charge >= 0.3 is 11.8 Å². The molecule has 0 unspecified atom stereocenters. The average molecular weight is 256 g/mol. The van der Waals surface area contributed by atoms with Crippen LogP contribution in [0.4, 0.5) is 0 Å². The summed E-state index contributed by atoms with van der Waals surface area (Å²) < 4.78 is 5.28. The summed E-state index contributed by atoms with van der Waals surface area (Å²) >= 11 is 0. The summed E-state index contributed by atoms with van der Waals surface area (Å²) in [6.07, 6.45) is 2.90. The van der Waals surface area contributed by atoms with Crippen LogP contribution in [0.25, 0.3) is 0 Å². The molecule has 102 valence electrons. The molecule has 18 heavy (non-hydrogen) atoms. The number of nitrogens with one attached hydrogen (secondary N) is 3. The molecule has 2 rings (SSSR count). The molecule has 0 aromatic carbocycles. The van der Waals surface area contributed by atoms with Gasteiger partial charge in [-0.1, -0.05) is 0 Å². The van der Waals surface area contributed by atoms with Crippen molar-refractivity contribution in [3.05, 3.63) is 0 Å². The first-order valence-electron chi connectivity index (χ1n) is 6.75. The van der Waals surface area contributed by atoms with Gasteiger partial charge in [0.2, 0.25) is 0 Å². The molecule has 0 bridgehead atoms. The molecule has 6 heteroatoms. The van der Waals surface area contributed by atoms with Gasteiger partial charge in [0.1, 0.15) is 13.1 Å². The van der Waals surface area contributed by atoms with Gasteiger partial charge in [-0.2, -0.15) is 0 Å². The highest BCUT2D eigenvalue weighted by atomic mass is 16.5. The third-order valence-corrected chi connectivity index (χ3v) is 3.31. The van der Waals surface area contributed by atoms with Crippen LogP contribution in [-0.4, -0.2) is 57.2 Å². The molecule has 6 nitrogen and oxygen atoms in total. The predicted molar refractivity (Wildman–Crippen MR) is 65.2 cm³/mol. The molecule has 0 atom stereocenters. The number of ether oxygens (including phenoxy) is 1. The van der Waals surface area contributed by atoms with Gasteiger partial charge in [-0.15, -0.1) is 0 Å². The Hall–Kier alpha value is -1.14. The van der Waals surface area contributed by atoms with E-state index in [-0.39, 0.29) is 6.04 Å². The van der Waals surface area contributed by atoms with Crippen molar-refractivity contribution in [2.24, 2.45) is 0 Å². The number of rotatable bonds is 5. The fraction of sp³-hybridized carbons (Fsp3) is 0.833. The lowest BCUT2D eigenvalue weighted by Crippen LogP contribution is -3.14. The topological polar surface area (TPSA) is 71.9 Å². The Morgan fingerprint density at radius 2 is 1.89 bits per heavy atom. The highest BCUT2D eigenvalue weighted by Gasteiger charge is 2.26. The zero-order valence-corrected chi connectivity index (χ0v) is 10.7. The maximum Gasteiger partial charge on any atom is 0.309 e. The summed E-state index contributed by atoms with van der Waals surface area (Å²) in [6, 6.07) is 0.237. The van der Waals surface area contributed by atoms with E-state index < -0.39 is 11.8 Å². The highest BCUT2D eigenvalue weighted by molar-refractivity contribution is 6.35. The quantitative estimate of drug-likeness (QED) is 0.382. The van der Waals surface area contributed by atoms with Crippen molar-refractivity contribution >= 4 is 11.8 Å². The minimum Gasteiger partial charge on any atom is -0.370 e. The molecule has 1 saturated carbocycles. The van der Waals surface area contributed by atoms with Crippen LogP contribution in [0.5, 0.6) is 0 Å². The predicted octanol–water partition coefficient (Wildman–Crippen LogP) is -2.31. The maximum atomic E-state index is 11.4. The number of amides is 2. The number of carbonyl (C=O) groups excluding carboxylic acids is 2. The second kappa shape index (κ2) is 6.70. The van der Waals surface area contributed by atoms with Crippen molar-refractivity contribution in [1.82, 2.24) is 10.6 Å². The van der Waals surface area contributed by atoms with Crippen LogP contribution in [0.1, 0.15) is 19.3 Å². The van der Waals surface area contributed by atoms with Crippen LogP contribution in [-0.2, 0) is 14.3 Å². The Morgan fingerprint density at radius 3 is 2.56 bits per heavy atom. The fourth-order valence-electron chi connectivity index (χ4n) is 2.01. The van der Waals surface area contributed by atoms with Crippen molar-refractivity contribution < 1.29 is 19.2 Å². The van der Waals surface area contributed by atoms with E-state index in [1.165, 1.54) is 4.90 Å². The van der Waals surface area contributed by atoms with Crippen LogP contribution in [0.2, 0.25) is 0 Å². The number of quaternary nitrogens is 1. The average Bonchev–Trinajstić information content (AvgIpc) is 3.19. The fourth-order valence-corrected chi connectivity index (χ4v) is 2.01. The molecule has 0 spiro atoms. The minimum atomic E-state index is -0.501. The molecule has 0 aromatic heterocycles. The molecule has 2 amide bonds. The summed E-state index contributed by atoms with van der Waals surface area (Å²) in [5.41, 5.74) is 0. The van der Waals surface area contributed by atoms with E-state index in [9.17, 15) is 9.59 Å². The van der Waals surface area contributed by atoms with Crippen LogP contribution in [0, 0.1) is 0 Å². The van der Waals surface area contributed by atoms with Gasteiger partial charge in [0.15, 0.2) is 0 Å². The Kier molecular flexibility index (Phi) is 4.95. The van der Waals surface area contributed by atoms with Crippen LogP contribution >= 0.6 is 0 Å². The first-order valence-corrected chi connectivity index (χ1v) is 6.75. The van der Waals surface area contributed by atoms with Crippen LogP contribution < -0.4 is 15.5 Å². The second-order valence-electron chi connectivity index (χ2n) is 4.97. The molecular formula is C12H22N3O3+. The lowest BCUT2D eigenvalue weighted by molar-refractivity contribution is -0.908. The van der Waals surface area contributed by atoms with Gasteiger partial charge in [0.25, 0.3) is 0 Å². The SMILES string of the molecule is O=C(NCCC[NH+]1CCOCC1)C(=O)NC1CC1. The van der Waals surface area contributed by atoms with E-state index in [2.05, 4.69) is 10.6 Å². The Labute approximate surface area is 107 Å². The third kappa shape index (κ3) is 4.62. The monoisotopic (exact) mass is 256 g/mol. The molecule has 3 N–H and O–H groups in total. The zero-order chi connectivity index (χ0) is 12.8. The lowest BCUT2D eigenvalue weighted by Gasteiger charge is -2.23. The summed E-state index contributed by atoms with van der Waals surface area (Å²) in [7, 11) is 0. The molecular weight excluding hydrogens is 234 g/mol. The molecule has 1 saturated heterocycles. The first kappa shape index (κ1) is 13.3. The van der Waals surface area contributed by atoms with Crippen molar-refractivity contribution in [1.29, 1.82) is 0 Å². The Bertz CT molecular complexity index is 299. The molecule has 1 heterocycles. The van der Waals surface area contributed by atoms with Gasteiger partial charge in [-0.05, 0) is 12.8 Å². The van der Waals surface area contributed by atoms with E-state index in [1.807, 2.05) is 0 Å². The van der Waals surface area contributed by atoms with Gasteiger partial charge in [0.05, 0.1) is 19.8 Å². The number of carbonyl (C=O) groups is 2. The van der Waals surface area contributed by atoms with Crippen LogP contribution in [0.3, 0.4) is 0 Å². The summed E-state index contributed by atoms with van der Waals surface area (Å²) in [5, 5.41) is 5.33. The van der Waals surface area contributed by atoms with E-state index >= 15 is 0 Å². The van der Waals surface area contributed by atoms with Gasteiger partial charge in [-0.25, -0.2) is 0 Å². The van der Waals surface area contributed by atoms with Gasteiger partial charge < -0.3 is 20.3 Å².